The molecule has 0 amide bonds. The highest BCUT2D eigenvalue weighted by Crippen LogP contribution is 2.15. The lowest BCUT2D eigenvalue weighted by Gasteiger charge is -2.09. The van der Waals surface area contributed by atoms with Crippen LogP contribution in [0.3, 0.4) is 0 Å². The van der Waals surface area contributed by atoms with Crippen LogP contribution in [0.25, 0.3) is 0 Å². The lowest BCUT2D eigenvalue weighted by atomic mass is 10.1. The molecule has 154 valence electrons. The van der Waals surface area contributed by atoms with E-state index in [0.29, 0.717) is 6.61 Å². The summed E-state index contributed by atoms with van der Waals surface area (Å²) in [6.07, 6.45) is 0.801. The molecule has 0 bridgehead atoms. The Morgan fingerprint density at radius 3 is 2.21 bits per heavy atom. The van der Waals surface area contributed by atoms with Crippen molar-refractivity contribution in [2.75, 3.05) is 6.54 Å². The van der Waals surface area contributed by atoms with Crippen molar-refractivity contribution in [1.29, 1.82) is 0 Å². The largest absolute Gasteiger partial charge is 0.489 e. The summed E-state index contributed by atoms with van der Waals surface area (Å²) in [5, 5.41) is 8.51. The Hall–Kier alpha value is -2.38. The first-order chi connectivity index (χ1) is 13.5. The number of halogens is 1. The summed E-state index contributed by atoms with van der Waals surface area (Å²) >= 11 is 0. The van der Waals surface area contributed by atoms with Gasteiger partial charge in [-0.3, -0.25) is 0 Å². The summed E-state index contributed by atoms with van der Waals surface area (Å²) < 4.78 is 28.4. The molecule has 0 aliphatic carbocycles. The molecule has 0 unspecified atom stereocenters. The highest BCUT2D eigenvalue weighted by molar-refractivity contribution is 7.89. The summed E-state index contributed by atoms with van der Waals surface area (Å²) in [4.78, 5) is 0.136. The molecular weight excluding hydrogens is 408 g/mol. The van der Waals surface area contributed by atoms with Gasteiger partial charge in [-0.2, -0.15) is 0 Å². The predicted molar refractivity (Wildman–Crippen MR) is 118 cm³/mol. The quantitative estimate of drug-likeness (QED) is 0.505. The van der Waals surface area contributed by atoms with Gasteiger partial charge in [0.05, 0.1) is 4.90 Å². The van der Waals surface area contributed by atoms with Gasteiger partial charge < -0.3 is 10.1 Å². The van der Waals surface area contributed by atoms with Crippen molar-refractivity contribution in [3.63, 3.8) is 0 Å². The fourth-order valence-corrected chi connectivity index (χ4v) is 3.31. The third-order valence-electron chi connectivity index (χ3n) is 4.32. The minimum Gasteiger partial charge on any atom is -0.489 e. The van der Waals surface area contributed by atoms with Crippen molar-refractivity contribution in [2.45, 2.75) is 24.5 Å². The SMILES string of the molecule is Cl.NS(=O)(=O)c1ccc(CCNCc2cccc(OCc3ccccc3)c2)cc1. The molecule has 3 aromatic carbocycles. The number of rotatable bonds is 9. The van der Waals surface area contributed by atoms with E-state index in [2.05, 4.69) is 11.4 Å². The summed E-state index contributed by atoms with van der Waals surface area (Å²) in [5.41, 5.74) is 3.34. The van der Waals surface area contributed by atoms with Gasteiger partial charge in [-0.25, -0.2) is 13.6 Å². The van der Waals surface area contributed by atoms with Gasteiger partial charge >= 0.3 is 0 Å². The van der Waals surface area contributed by atoms with Gasteiger partial charge in [0, 0.05) is 6.54 Å². The van der Waals surface area contributed by atoms with Gasteiger partial charge in [-0.15, -0.1) is 12.4 Å². The van der Waals surface area contributed by atoms with E-state index in [9.17, 15) is 8.42 Å². The third-order valence-corrected chi connectivity index (χ3v) is 5.25. The highest BCUT2D eigenvalue weighted by Gasteiger charge is 2.06. The fourth-order valence-electron chi connectivity index (χ4n) is 2.80. The standard InChI is InChI=1S/C22H24N2O3S.ClH/c23-28(25,26)22-11-9-18(10-12-22)13-14-24-16-20-7-4-8-21(15-20)27-17-19-5-2-1-3-6-19;/h1-12,15,24H,13-14,16-17H2,(H2,23,25,26);1H. The average Bonchev–Trinajstić information content (AvgIpc) is 2.70. The van der Waals surface area contributed by atoms with Gasteiger partial charge in [-0.05, 0) is 53.9 Å². The number of sulfonamides is 1. The Labute approximate surface area is 178 Å². The number of hydrogen-bond donors (Lipinski definition) is 2. The van der Waals surface area contributed by atoms with E-state index in [1.165, 1.54) is 12.1 Å². The Morgan fingerprint density at radius 1 is 0.828 bits per heavy atom. The van der Waals surface area contributed by atoms with Gasteiger partial charge in [0.2, 0.25) is 10.0 Å². The zero-order valence-electron chi connectivity index (χ0n) is 16.0. The Balaban J connectivity index is 0.00000300. The summed E-state index contributed by atoms with van der Waals surface area (Å²) in [6.45, 7) is 2.06. The van der Waals surface area contributed by atoms with E-state index in [1.54, 1.807) is 12.1 Å². The van der Waals surface area contributed by atoms with Gasteiger partial charge in [0.15, 0.2) is 0 Å². The number of benzene rings is 3. The van der Waals surface area contributed by atoms with Crippen LogP contribution in [-0.4, -0.2) is 15.0 Å². The van der Waals surface area contributed by atoms with Gasteiger partial charge in [-0.1, -0.05) is 54.6 Å². The summed E-state index contributed by atoms with van der Waals surface area (Å²) in [7, 11) is -3.63. The van der Waals surface area contributed by atoms with Crippen LogP contribution in [0.4, 0.5) is 0 Å². The van der Waals surface area contributed by atoms with Crippen molar-refractivity contribution in [3.8, 4) is 5.75 Å². The van der Waals surface area contributed by atoms with Crippen LogP contribution >= 0.6 is 12.4 Å². The van der Waals surface area contributed by atoms with E-state index >= 15 is 0 Å². The second kappa shape index (κ2) is 11.0. The van der Waals surface area contributed by atoms with E-state index < -0.39 is 10.0 Å². The van der Waals surface area contributed by atoms with Crippen molar-refractivity contribution in [1.82, 2.24) is 5.32 Å². The molecule has 3 aromatic rings. The lowest BCUT2D eigenvalue weighted by Crippen LogP contribution is -2.17. The molecule has 0 spiro atoms. The first-order valence-electron chi connectivity index (χ1n) is 9.09. The first-order valence-corrected chi connectivity index (χ1v) is 10.6. The molecule has 29 heavy (non-hydrogen) atoms. The molecule has 0 radical (unpaired) electrons. The molecule has 0 aliphatic heterocycles. The minimum atomic E-state index is -3.63. The topological polar surface area (TPSA) is 81.4 Å². The van der Waals surface area contributed by atoms with Crippen LogP contribution in [0.15, 0.2) is 83.8 Å². The highest BCUT2D eigenvalue weighted by atomic mass is 35.5. The summed E-state index contributed by atoms with van der Waals surface area (Å²) in [6, 6.07) is 24.8. The molecule has 3 N–H and O–H groups in total. The van der Waals surface area contributed by atoms with Gasteiger partial charge in [0.1, 0.15) is 12.4 Å². The fraction of sp³-hybridized carbons (Fsp3) is 0.182. The molecule has 0 atom stereocenters. The number of hydrogen-bond acceptors (Lipinski definition) is 4. The van der Waals surface area contributed by atoms with Crippen molar-refractivity contribution < 1.29 is 13.2 Å². The number of ether oxygens (including phenoxy) is 1. The number of nitrogens with one attached hydrogen (secondary N) is 1. The van der Waals surface area contributed by atoms with Crippen molar-refractivity contribution in [2.24, 2.45) is 5.14 Å². The Kier molecular flexibility index (Phi) is 8.67. The summed E-state index contributed by atoms with van der Waals surface area (Å²) in [5.74, 6) is 0.849. The molecule has 0 fully saturated rings. The predicted octanol–water partition coefficient (Wildman–Crippen LogP) is 3.67. The second-order valence-corrected chi connectivity index (χ2v) is 8.10. The Morgan fingerprint density at radius 2 is 1.52 bits per heavy atom. The lowest BCUT2D eigenvalue weighted by molar-refractivity contribution is 0.306. The molecule has 0 aliphatic rings. The first kappa shape index (κ1) is 22.9. The van der Waals surface area contributed by atoms with E-state index in [1.807, 2.05) is 48.5 Å². The third kappa shape index (κ3) is 7.51. The average molecular weight is 433 g/mol. The molecule has 0 heterocycles. The van der Waals surface area contributed by atoms with Crippen molar-refractivity contribution in [3.05, 3.63) is 95.6 Å². The van der Waals surface area contributed by atoms with Gasteiger partial charge in [0.25, 0.3) is 0 Å². The molecule has 7 heteroatoms. The van der Waals surface area contributed by atoms with E-state index in [-0.39, 0.29) is 17.3 Å². The molecule has 0 saturated heterocycles. The van der Waals surface area contributed by atoms with Crippen LogP contribution in [0, 0.1) is 0 Å². The molecule has 0 saturated carbocycles. The van der Waals surface area contributed by atoms with E-state index in [0.717, 1.165) is 42.0 Å². The van der Waals surface area contributed by atoms with E-state index in [4.69, 9.17) is 9.88 Å². The van der Waals surface area contributed by atoms with Crippen LogP contribution < -0.4 is 15.2 Å². The molecule has 5 nitrogen and oxygen atoms in total. The monoisotopic (exact) mass is 432 g/mol. The molecular formula is C22H25ClN2O3S. The maximum absolute atomic E-state index is 11.3. The Bertz CT molecular complexity index is 994. The van der Waals surface area contributed by atoms with Crippen LogP contribution in [0.2, 0.25) is 0 Å². The smallest absolute Gasteiger partial charge is 0.238 e. The van der Waals surface area contributed by atoms with Crippen LogP contribution in [0.1, 0.15) is 16.7 Å². The number of nitrogens with two attached hydrogens (primary N) is 1. The normalized spacial score (nSPS) is 10.9. The molecule has 0 aromatic heterocycles. The minimum absolute atomic E-state index is 0. The van der Waals surface area contributed by atoms with Crippen LogP contribution in [0.5, 0.6) is 5.75 Å². The van der Waals surface area contributed by atoms with Crippen LogP contribution in [-0.2, 0) is 29.6 Å². The zero-order chi connectivity index (χ0) is 19.8. The molecule has 3 rings (SSSR count). The zero-order valence-corrected chi connectivity index (χ0v) is 17.6. The second-order valence-electron chi connectivity index (χ2n) is 6.54. The maximum atomic E-state index is 11.3. The maximum Gasteiger partial charge on any atom is 0.238 e. The van der Waals surface area contributed by atoms with Crippen molar-refractivity contribution >= 4 is 22.4 Å². The number of primary sulfonamides is 1.